The average Bonchev–Trinajstić information content (AvgIpc) is 2.51. The van der Waals surface area contributed by atoms with Crippen molar-refractivity contribution in [2.24, 2.45) is 23.7 Å². The van der Waals surface area contributed by atoms with Crippen LogP contribution in [0.1, 0.15) is 37.7 Å². The lowest BCUT2D eigenvalue weighted by Crippen LogP contribution is -2.56. The van der Waals surface area contributed by atoms with Gasteiger partial charge in [0, 0.05) is 11.1 Å². The molecule has 3 nitrogen and oxygen atoms in total. The van der Waals surface area contributed by atoms with Crippen molar-refractivity contribution in [3.05, 3.63) is 28.8 Å². The Morgan fingerprint density at radius 2 is 1.83 bits per heavy atom. The van der Waals surface area contributed by atoms with Crippen molar-refractivity contribution in [3.63, 3.8) is 0 Å². The number of carbonyl (C=O) groups excluding carboxylic acids is 1. The summed E-state index contributed by atoms with van der Waals surface area (Å²) in [5, 5.41) is 3.99. The normalized spacial score (nSPS) is 34.4. The molecule has 0 atom stereocenters. The lowest BCUT2D eigenvalue weighted by Gasteiger charge is -2.54. The minimum absolute atomic E-state index is 0.00933. The molecule has 0 radical (unpaired) electrons. The quantitative estimate of drug-likeness (QED) is 0.905. The van der Waals surface area contributed by atoms with Crippen molar-refractivity contribution in [1.82, 2.24) is 5.32 Å². The zero-order valence-electron chi connectivity index (χ0n) is 13.6. The van der Waals surface area contributed by atoms with Gasteiger partial charge in [0.25, 0.3) is 5.91 Å². The van der Waals surface area contributed by atoms with Crippen LogP contribution in [-0.4, -0.2) is 18.6 Å². The first-order chi connectivity index (χ1) is 11.1. The highest BCUT2D eigenvalue weighted by Gasteiger charge is 2.48. The second kappa shape index (κ2) is 6.01. The van der Waals surface area contributed by atoms with Crippen molar-refractivity contribution in [1.29, 1.82) is 0 Å². The van der Waals surface area contributed by atoms with E-state index in [1.807, 2.05) is 25.1 Å². The van der Waals surface area contributed by atoms with Crippen LogP contribution in [0.3, 0.4) is 0 Å². The van der Waals surface area contributed by atoms with Gasteiger partial charge in [-0.1, -0.05) is 11.6 Å². The molecule has 1 aromatic carbocycles. The SMILES string of the molecule is Cc1cc(OCC(=O)NC2C3CC4CC(C3)CC2C4)ccc1Cl. The summed E-state index contributed by atoms with van der Waals surface area (Å²) in [6, 6.07) is 5.87. The molecule has 1 amide bonds. The zero-order valence-corrected chi connectivity index (χ0v) is 14.3. The number of ether oxygens (including phenoxy) is 1. The number of nitrogens with one attached hydrogen (secondary N) is 1. The largest absolute Gasteiger partial charge is 0.484 e. The Bertz CT molecular complexity index is 587. The first kappa shape index (κ1) is 15.3. The Morgan fingerprint density at radius 1 is 1.17 bits per heavy atom. The minimum Gasteiger partial charge on any atom is -0.484 e. The molecule has 0 unspecified atom stereocenters. The standard InChI is InChI=1S/C19H24ClNO2/c1-11-4-16(2-3-17(11)20)23-10-18(22)21-19-14-6-12-5-13(8-14)9-15(19)7-12/h2-4,12-15,19H,5-10H2,1H3,(H,21,22). The summed E-state index contributed by atoms with van der Waals surface area (Å²) >= 11 is 6.01. The van der Waals surface area contributed by atoms with Gasteiger partial charge in [-0.3, -0.25) is 4.79 Å². The zero-order chi connectivity index (χ0) is 16.0. The molecule has 1 N–H and O–H groups in total. The van der Waals surface area contributed by atoms with Gasteiger partial charge < -0.3 is 10.1 Å². The summed E-state index contributed by atoms with van der Waals surface area (Å²) in [5.41, 5.74) is 0.964. The Hall–Kier alpha value is -1.22. The molecule has 0 aromatic heterocycles. The molecule has 4 saturated carbocycles. The van der Waals surface area contributed by atoms with Gasteiger partial charge in [0.05, 0.1) is 0 Å². The molecule has 4 bridgehead atoms. The van der Waals surface area contributed by atoms with Crippen molar-refractivity contribution in [2.45, 2.75) is 45.1 Å². The third-order valence-corrected chi connectivity index (χ3v) is 6.48. The van der Waals surface area contributed by atoms with Gasteiger partial charge in [0.15, 0.2) is 6.61 Å². The van der Waals surface area contributed by atoms with E-state index in [4.69, 9.17) is 16.3 Å². The first-order valence-corrected chi connectivity index (χ1v) is 9.14. The molecule has 4 aliphatic carbocycles. The predicted octanol–water partition coefficient (Wildman–Crippen LogP) is 3.97. The van der Waals surface area contributed by atoms with E-state index in [-0.39, 0.29) is 12.5 Å². The maximum atomic E-state index is 12.3. The minimum atomic E-state index is 0.00933. The average molecular weight is 334 g/mol. The van der Waals surface area contributed by atoms with Gasteiger partial charge in [-0.15, -0.1) is 0 Å². The molecule has 0 saturated heterocycles. The number of carbonyl (C=O) groups is 1. The number of amides is 1. The molecule has 4 fully saturated rings. The van der Waals surface area contributed by atoms with Gasteiger partial charge >= 0.3 is 0 Å². The lowest BCUT2D eigenvalue weighted by molar-refractivity contribution is -0.127. The van der Waals surface area contributed by atoms with Gasteiger partial charge in [0.2, 0.25) is 0 Å². The molecule has 23 heavy (non-hydrogen) atoms. The molecular weight excluding hydrogens is 310 g/mol. The topological polar surface area (TPSA) is 38.3 Å². The van der Waals surface area contributed by atoms with Crippen LogP contribution in [0, 0.1) is 30.6 Å². The highest BCUT2D eigenvalue weighted by molar-refractivity contribution is 6.31. The smallest absolute Gasteiger partial charge is 0.258 e. The van der Waals surface area contributed by atoms with Crippen LogP contribution < -0.4 is 10.1 Å². The fraction of sp³-hybridized carbons (Fsp3) is 0.632. The summed E-state index contributed by atoms with van der Waals surface area (Å²) in [4.78, 5) is 12.3. The van der Waals surface area contributed by atoms with E-state index in [1.165, 1.54) is 32.1 Å². The van der Waals surface area contributed by atoms with E-state index in [9.17, 15) is 4.79 Å². The number of hydrogen-bond acceptors (Lipinski definition) is 2. The molecule has 0 aliphatic heterocycles. The van der Waals surface area contributed by atoms with Crippen molar-refractivity contribution in [3.8, 4) is 5.75 Å². The van der Waals surface area contributed by atoms with Crippen molar-refractivity contribution in [2.75, 3.05) is 6.61 Å². The van der Waals surface area contributed by atoms with Gasteiger partial charge in [0.1, 0.15) is 5.75 Å². The first-order valence-electron chi connectivity index (χ1n) is 8.77. The summed E-state index contributed by atoms with van der Waals surface area (Å²) in [6.07, 6.45) is 6.70. The Balaban J connectivity index is 1.32. The van der Waals surface area contributed by atoms with Gasteiger partial charge in [-0.25, -0.2) is 0 Å². The Morgan fingerprint density at radius 3 is 2.43 bits per heavy atom. The van der Waals surface area contributed by atoms with E-state index in [0.717, 1.165) is 22.4 Å². The monoisotopic (exact) mass is 333 g/mol. The molecule has 5 rings (SSSR count). The van der Waals surface area contributed by atoms with Gasteiger partial charge in [-0.05, 0) is 86.5 Å². The molecule has 4 heteroatoms. The molecule has 0 heterocycles. The van der Waals surface area contributed by atoms with Crippen LogP contribution in [0.4, 0.5) is 0 Å². The second-order valence-electron chi connectivity index (χ2n) is 7.72. The molecule has 1 aromatic rings. The maximum absolute atomic E-state index is 12.3. The number of benzene rings is 1. The number of hydrogen-bond donors (Lipinski definition) is 1. The summed E-state index contributed by atoms with van der Waals surface area (Å²) in [5.74, 6) is 3.97. The summed E-state index contributed by atoms with van der Waals surface area (Å²) < 4.78 is 5.63. The van der Waals surface area contributed by atoms with Crippen LogP contribution >= 0.6 is 11.6 Å². The van der Waals surface area contributed by atoms with E-state index < -0.39 is 0 Å². The third-order valence-electron chi connectivity index (χ3n) is 6.05. The van der Waals surface area contributed by atoms with Crippen molar-refractivity contribution < 1.29 is 9.53 Å². The molecule has 0 spiro atoms. The number of aryl methyl sites for hydroxylation is 1. The second-order valence-corrected chi connectivity index (χ2v) is 8.13. The van der Waals surface area contributed by atoms with Crippen LogP contribution in [-0.2, 0) is 4.79 Å². The van der Waals surface area contributed by atoms with E-state index >= 15 is 0 Å². The van der Waals surface area contributed by atoms with Crippen LogP contribution in [0.15, 0.2) is 18.2 Å². The summed E-state index contributed by atoms with van der Waals surface area (Å²) in [6.45, 7) is 2.02. The van der Waals surface area contributed by atoms with E-state index in [1.54, 1.807) is 0 Å². The lowest BCUT2D eigenvalue weighted by atomic mass is 9.54. The number of halogens is 1. The molecule has 124 valence electrons. The van der Waals surface area contributed by atoms with Gasteiger partial charge in [-0.2, -0.15) is 0 Å². The molecular formula is C19H24ClNO2. The van der Waals surface area contributed by atoms with E-state index in [2.05, 4.69) is 5.32 Å². The Labute approximate surface area is 142 Å². The predicted molar refractivity (Wildman–Crippen MR) is 90.7 cm³/mol. The number of rotatable bonds is 4. The highest BCUT2D eigenvalue weighted by Crippen LogP contribution is 2.53. The third kappa shape index (κ3) is 3.08. The van der Waals surface area contributed by atoms with Crippen molar-refractivity contribution >= 4 is 17.5 Å². The fourth-order valence-corrected chi connectivity index (χ4v) is 5.36. The van der Waals surface area contributed by atoms with E-state index in [0.29, 0.717) is 23.6 Å². The maximum Gasteiger partial charge on any atom is 0.258 e. The highest BCUT2D eigenvalue weighted by atomic mass is 35.5. The van der Waals surface area contributed by atoms with Crippen LogP contribution in [0.5, 0.6) is 5.75 Å². The Kier molecular flexibility index (Phi) is 4.00. The van der Waals surface area contributed by atoms with Crippen LogP contribution in [0.25, 0.3) is 0 Å². The molecule has 4 aliphatic rings. The summed E-state index contributed by atoms with van der Waals surface area (Å²) in [7, 11) is 0. The van der Waals surface area contributed by atoms with Crippen LogP contribution in [0.2, 0.25) is 5.02 Å². The fourth-order valence-electron chi connectivity index (χ4n) is 5.24.